The second kappa shape index (κ2) is 7.09. The highest BCUT2D eigenvalue weighted by Gasteiger charge is 2.48. The summed E-state index contributed by atoms with van der Waals surface area (Å²) in [4.78, 5) is 26.3. The average molecular weight is 383 g/mol. The molecular formula is C23H30N2O3. The Labute approximate surface area is 166 Å². The third kappa shape index (κ3) is 3.29. The van der Waals surface area contributed by atoms with E-state index in [0.717, 1.165) is 36.9 Å². The standard InChI is InChI=1S/C23H30N2O3/c26-22(24-21-18-9-14-8-15(11-18)12-19(21)10-14)16-3-5-20(6-4-16)25-7-1-2-17(13-25)23(27)28/h3-6,14-15,17-19,21H,1-2,7-13H2,(H,24,26)(H,27,28). The van der Waals surface area contributed by atoms with Gasteiger partial charge in [0.2, 0.25) is 0 Å². The number of hydrogen-bond acceptors (Lipinski definition) is 3. The lowest BCUT2D eigenvalue weighted by molar-refractivity contribution is -0.141. The van der Waals surface area contributed by atoms with Crippen molar-refractivity contribution in [1.29, 1.82) is 0 Å². The lowest BCUT2D eigenvalue weighted by Gasteiger charge is -2.54. The van der Waals surface area contributed by atoms with Gasteiger partial charge in [0.1, 0.15) is 0 Å². The number of carbonyl (C=O) groups excluding carboxylic acids is 1. The largest absolute Gasteiger partial charge is 0.481 e. The molecule has 4 bridgehead atoms. The van der Waals surface area contributed by atoms with E-state index in [9.17, 15) is 14.7 Å². The van der Waals surface area contributed by atoms with Crippen molar-refractivity contribution in [1.82, 2.24) is 5.32 Å². The Bertz CT molecular complexity index is 732. The molecule has 1 heterocycles. The highest BCUT2D eigenvalue weighted by Crippen LogP contribution is 2.53. The Morgan fingerprint density at radius 1 is 0.964 bits per heavy atom. The maximum Gasteiger partial charge on any atom is 0.308 e. The highest BCUT2D eigenvalue weighted by molar-refractivity contribution is 5.94. The van der Waals surface area contributed by atoms with E-state index in [-0.39, 0.29) is 11.8 Å². The molecule has 5 fully saturated rings. The topological polar surface area (TPSA) is 69.6 Å². The molecule has 6 rings (SSSR count). The summed E-state index contributed by atoms with van der Waals surface area (Å²) >= 11 is 0. The summed E-state index contributed by atoms with van der Waals surface area (Å²) in [5.41, 5.74) is 1.72. The summed E-state index contributed by atoms with van der Waals surface area (Å²) in [6.07, 6.45) is 8.28. The van der Waals surface area contributed by atoms with Crippen LogP contribution in [-0.4, -0.2) is 36.1 Å². The molecule has 4 saturated carbocycles. The number of carbonyl (C=O) groups is 2. The quantitative estimate of drug-likeness (QED) is 0.836. The van der Waals surface area contributed by atoms with Gasteiger partial charge in [-0.05, 0) is 92.9 Å². The number of anilines is 1. The lowest BCUT2D eigenvalue weighted by Crippen LogP contribution is -2.55. The number of hydrogen-bond donors (Lipinski definition) is 2. The van der Waals surface area contributed by atoms with Gasteiger partial charge in [0, 0.05) is 30.4 Å². The Hall–Kier alpha value is -2.04. The van der Waals surface area contributed by atoms with Gasteiger partial charge in [0.05, 0.1) is 5.92 Å². The van der Waals surface area contributed by atoms with Gasteiger partial charge in [0.15, 0.2) is 0 Å². The van der Waals surface area contributed by atoms with Crippen molar-refractivity contribution in [3.8, 4) is 0 Å². The minimum Gasteiger partial charge on any atom is -0.481 e. The van der Waals surface area contributed by atoms with E-state index >= 15 is 0 Å². The summed E-state index contributed by atoms with van der Waals surface area (Å²) in [7, 11) is 0. The first-order chi connectivity index (χ1) is 13.6. The molecule has 5 aliphatic rings. The number of carboxylic acid groups (broad SMARTS) is 1. The smallest absolute Gasteiger partial charge is 0.308 e. The van der Waals surface area contributed by atoms with Crippen LogP contribution in [0.15, 0.2) is 24.3 Å². The van der Waals surface area contributed by atoms with Crippen molar-refractivity contribution in [3.05, 3.63) is 29.8 Å². The fraction of sp³-hybridized carbons (Fsp3) is 0.652. The van der Waals surface area contributed by atoms with Crippen LogP contribution in [-0.2, 0) is 4.79 Å². The zero-order chi connectivity index (χ0) is 19.3. The normalized spacial score (nSPS) is 36.4. The molecule has 28 heavy (non-hydrogen) atoms. The van der Waals surface area contributed by atoms with Gasteiger partial charge in [0.25, 0.3) is 5.91 Å². The monoisotopic (exact) mass is 382 g/mol. The van der Waals surface area contributed by atoms with E-state index in [1.54, 1.807) is 0 Å². The maximum absolute atomic E-state index is 12.9. The molecule has 1 aromatic rings. The zero-order valence-corrected chi connectivity index (χ0v) is 16.3. The molecule has 0 radical (unpaired) electrons. The van der Waals surface area contributed by atoms with E-state index in [1.165, 1.54) is 32.1 Å². The average Bonchev–Trinajstić information content (AvgIpc) is 2.70. The summed E-state index contributed by atoms with van der Waals surface area (Å²) in [6, 6.07) is 8.08. The number of piperidine rings is 1. The number of carboxylic acids is 1. The molecular weight excluding hydrogens is 352 g/mol. The highest BCUT2D eigenvalue weighted by atomic mass is 16.4. The number of nitrogens with zero attached hydrogens (tertiary/aromatic N) is 1. The van der Waals surface area contributed by atoms with Crippen LogP contribution >= 0.6 is 0 Å². The van der Waals surface area contributed by atoms with Crippen molar-refractivity contribution in [2.24, 2.45) is 29.6 Å². The van der Waals surface area contributed by atoms with E-state index < -0.39 is 5.97 Å². The fourth-order valence-corrected chi connectivity index (χ4v) is 6.63. The van der Waals surface area contributed by atoms with Crippen LogP contribution in [0.25, 0.3) is 0 Å². The van der Waals surface area contributed by atoms with Crippen molar-refractivity contribution in [2.75, 3.05) is 18.0 Å². The minimum absolute atomic E-state index is 0.0473. The minimum atomic E-state index is -0.712. The summed E-state index contributed by atoms with van der Waals surface area (Å²) < 4.78 is 0. The first-order valence-corrected chi connectivity index (χ1v) is 11.0. The number of aliphatic carboxylic acids is 1. The number of amides is 1. The number of benzene rings is 1. The Kier molecular flexibility index (Phi) is 4.56. The molecule has 1 aliphatic heterocycles. The molecule has 4 aliphatic carbocycles. The molecule has 5 nitrogen and oxygen atoms in total. The molecule has 150 valence electrons. The molecule has 1 saturated heterocycles. The SMILES string of the molecule is O=C(NC1C2CC3CC(C2)CC1C3)c1ccc(N2CCCC(C(=O)O)C2)cc1. The van der Waals surface area contributed by atoms with Crippen LogP contribution in [0.3, 0.4) is 0 Å². The zero-order valence-electron chi connectivity index (χ0n) is 16.3. The summed E-state index contributed by atoms with van der Waals surface area (Å²) in [6.45, 7) is 1.43. The van der Waals surface area contributed by atoms with E-state index in [2.05, 4.69) is 10.2 Å². The van der Waals surface area contributed by atoms with Gasteiger partial charge in [-0.2, -0.15) is 0 Å². The molecule has 1 unspecified atom stereocenters. The van der Waals surface area contributed by atoms with Gasteiger partial charge >= 0.3 is 5.97 Å². The Morgan fingerprint density at radius 3 is 2.21 bits per heavy atom. The lowest BCUT2D eigenvalue weighted by atomic mass is 9.54. The van der Waals surface area contributed by atoms with Gasteiger partial charge in [-0.1, -0.05) is 0 Å². The molecule has 2 N–H and O–H groups in total. The predicted molar refractivity (Wildman–Crippen MR) is 107 cm³/mol. The summed E-state index contributed by atoms with van der Waals surface area (Å²) in [5.74, 6) is 2.22. The second-order valence-corrected chi connectivity index (χ2v) is 9.60. The molecule has 5 heteroatoms. The van der Waals surface area contributed by atoms with Gasteiger partial charge < -0.3 is 15.3 Å². The van der Waals surface area contributed by atoms with E-state index in [4.69, 9.17) is 0 Å². The molecule has 1 aromatic carbocycles. The van der Waals surface area contributed by atoms with Crippen LogP contribution in [0.4, 0.5) is 5.69 Å². The Balaban J connectivity index is 1.23. The van der Waals surface area contributed by atoms with Gasteiger partial charge in [-0.15, -0.1) is 0 Å². The number of rotatable bonds is 4. The van der Waals surface area contributed by atoms with E-state index in [1.807, 2.05) is 24.3 Å². The van der Waals surface area contributed by atoms with E-state index in [0.29, 0.717) is 30.0 Å². The first kappa shape index (κ1) is 18.0. The molecule has 0 aromatic heterocycles. The predicted octanol–water partition coefficient (Wildman–Crippen LogP) is 3.54. The van der Waals surface area contributed by atoms with Crippen LogP contribution in [0.5, 0.6) is 0 Å². The van der Waals surface area contributed by atoms with Crippen molar-refractivity contribution >= 4 is 17.6 Å². The van der Waals surface area contributed by atoms with Crippen LogP contribution < -0.4 is 10.2 Å². The second-order valence-electron chi connectivity index (χ2n) is 9.60. The third-order valence-electron chi connectivity index (χ3n) is 7.79. The van der Waals surface area contributed by atoms with Crippen LogP contribution in [0.1, 0.15) is 55.3 Å². The van der Waals surface area contributed by atoms with Gasteiger partial charge in [-0.25, -0.2) is 0 Å². The van der Waals surface area contributed by atoms with Crippen molar-refractivity contribution < 1.29 is 14.7 Å². The summed E-state index contributed by atoms with van der Waals surface area (Å²) in [5, 5.41) is 12.7. The molecule has 0 spiro atoms. The van der Waals surface area contributed by atoms with Crippen LogP contribution in [0.2, 0.25) is 0 Å². The third-order valence-corrected chi connectivity index (χ3v) is 7.79. The van der Waals surface area contributed by atoms with Gasteiger partial charge in [-0.3, -0.25) is 9.59 Å². The fourth-order valence-electron chi connectivity index (χ4n) is 6.63. The molecule has 1 amide bonds. The van der Waals surface area contributed by atoms with Crippen molar-refractivity contribution in [2.45, 2.75) is 51.0 Å². The van der Waals surface area contributed by atoms with Crippen LogP contribution in [0, 0.1) is 29.6 Å². The molecule has 1 atom stereocenters. The maximum atomic E-state index is 12.9. The number of nitrogens with one attached hydrogen (secondary N) is 1. The Morgan fingerprint density at radius 2 is 1.61 bits per heavy atom. The first-order valence-electron chi connectivity index (χ1n) is 11.0. The van der Waals surface area contributed by atoms with Crippen molar-refractivity contribution in [3.63, 3.8) is 0 Å².